The smallest absolute Gasteiger partial charge is 0.233 e. The molecule has 1 amide bonds. The number of amides is 1. The van der Waals surface area contributed by atoms with Gasteiger partial charge in [0.2, 0.25) is 5.91 Å². The van der Waals surface area contributed by atoms with Gasteiger partial charge < -0.3 is 5.32 Å². The molecule has 0 radical (unpaired) electrons. The van der Waals surface area contributed by atoms with Gasteiger partial charge in [-0.3, -0.25) is 14.3 Å². The number of hydrogen-bond acceptors (Lipinski definition) is 5. The van der Waals surface area contributed by atoms with Crippen molar-refractivity contribution >= 4 is 17.7 Å². The molecule has 7 heteroatoms. The molecule has 3 aromatic rings. The molecule has 6 nitrogen and oxygen atoms in total. The highest BCUT2D eigenvalue weighted by Crippen LogP contribution is 2.30. The van der Waals surface area contributed by atoms with E-state index in [2.05, 4.69) is 52.5 Å². The largest absolute Gasteiger partial charge is 0.353 e. The first kappa shape index (κ1) is 20.1. The van der Waals surface area contributed by atoms with E-state index in [1.165, 1.54) is 22.9 Å². The summed E-state index contributed by atoms with van der Waals surface area (Å²) in [6.07, 6.45) is 3.47. The lowest BCUT2D eigenvalue weighted by atomic mass is 10.1. The molecule has 0 saturated heterocycles. The second-order valence-electron chi connectivity index (χ2n) is 7.07. The summed E-state index contributed by atoms with van der Waals surface area (Å²) in [6.45, 7) is 9.96. The normalized spacial score (nSPS) is 12.2. The van der Waals surface area contributed by atoms with Gasteiger partial charge in [0.05, 0.1) is 10.9 Å². The van der Waals surface area contributed by atoms with E-state index in [1.807, 2.05) is 37.5 Å². The zero-order valence-electron chi connectivity index (χ0n) is 16.8. The molecule has 0 saturated carbocycles. The van der Waals surface area contributed by atoms with Crippen molar-refractivity contribution in [3.8, 4) is 17.1 Å². The lowest BCUT2D eigenvalue weighted by Gasteiger charge is -2.16. The molecule has 0 unspecified atom stereocenters. The minimum atomic E-state index is -0.290. The van der Waals surface area contributed by atoms with Gasteiger partial charge >= 0.3 is 0 Å². The van der Waals surface area contributed by atoms with Crippen LogP contribution in [0.4, 0.5) is 0 Å². The molecule has 3 rings (SSSR count). The van der Waals surface area contributed by atoms with Crippen molar-refractivity contribution < 1.29 is 4.79 Å². The maximum absolute atomic E-state index is 12.4. The van der Waals surface area contributed by atoms with Crippen molar-refractivity contribution in [1.29, 1.82) is 0 Å². The van der Waals surface area contributed by atoms with Crippen molar-refractivity contribution in [2.45, 2.75) is 51.1 Å². The van der Waals surface area contributed by atoms with Crippen molar-refractivity contribution in [3.05, 3.63) is 53.9 Å². The third-order valence-electron chi connectivity index (χ3n) is 4.40. The van der Waals surface area contributed by atoms with Crippen LogP contribution in [0.5, 0.6) is 0 Å². The number of carbonyl (C=O) groups is 1. The number of nitrogens with one attached hydrogen (secondary N) is 1. The number of rotatable bonds is 6. The highest BCUT2D eigenvalue weighted by molar-refractivity contribution is 8.00. The lowest BCUT2D eigenvalue weighted by molar-refractivity contribution is -0.120. The van der Waals surface area contributed by atoms with Gasteiger partial charge in [0.15, 0.2) is 11.0 Å². The van der Waals surface area contributed by atoms with Crippen molar-refractivity contribution in [3.63, 3.8) is 0 Å². The molecule has 2 heterocycles. The molecular formula is C21H25N5OS. The zero-order chi connectivity index (χ0) is 20.3. The fourth-order valence-corrected chi connectivity index (χ4v) is 3.62. The molecule has 2 aromatic heterocycles. The Hall–Kier alpha value is -2.67. The first-order chi connectivity index (χ1) is 13.4. The summed E-state index contributed by atoms with van der Waals surface area (Å²) in [5.74, 6) is 0.713. The van der Waals surface area contributed by atoms with Crippen LogP contribution in [-0.4, -0.2) is 36.9 Å². The molecule has 1 aromatic carbocycles. The maximum Gasteiger partial charge on any atom is 0.233 e. The van der Waals surface area contributed by atoms with Crippen LogP contribution in [0, 0.1) is 13.8 Å². The number of aromatic nitrogens is 4. The quantitative estimate of drug-likeness (QED) is 0.640. The Bertz CT molecular complexity index is 968. The second-order valence-corrected chi connectivity index (χ2v) is 8.38. The van der Waals surface area contributed by atoms with Crippen LogP contribution in [0.1, 0.15) is 31.9 Å². The highest BCUT2D eigenvalue weighted by Gasteiger charge is 2.22. The Morgan fingerprint density at radius 3 is 2.39 bits per heavy atom. The van der Waals surface area contributed by atoms with E-state index in [9.17, 15) is 4.79 Å². The van der Waals surface area contributed by atoms with Gasteiger partial charge in [-0.25, -0.2) is 0 Å². The molecule has 0 bridgehead atoms. The molecule has 28 heavy (non-hydrogen) atoms. The summed E-state index contributed by atoms with van der Waals surface area (Å²) in [5.41, 5.74) is 4.31. The van der Waals surface area contributed by atoms with Crippen LogP contribution in [0.25, 0.3) is 17.1 Å². The number of aryl methyl sites for hydroxylation is 2. The van der Waals surface area contributed by atoms with E-state index >= 15 is 0 Å². The van der Waals surface area contributed by atoms with E-state index in [0.717, 1.165) is 17.1 Å². The van der Waals surface area contributed by atoms with Crippen molar-refractivity contribution in [2.24, 2.45) is 0 Å². The third kappa shape index (κ3) is 4.42. The van der Waals surface area contributed by atoms with Gasteiger partial charge in [-0.2, -0.15) is 0 Å². The number of carbonyl (C=O) groups excluding carboxylic acids is 1. The number of thioether (sulfide) groups is 1. The van der Waals surface area contributed by atoms with E-state index in [0.29, 0.717) is 5.16 Å². The van der Waals surface area contributed by atoms with E-state index < -0.39 is 0 Å². The monoisotopic (exact) mass is 395 g/mol. The fourth-order valence-electron chi connectivity index (χ4n) is 2.75. The second kappa shape index (κ2) is 8.56. The average Bonchev–Trinajstić information content (AvgIpc) is 3.07. The van der Waals surface area contributed by atoms with E-state index in [4.69, 9.17) is 0 Å². The predicted molar refractivity (Wildman–Crippen MR) is 113 cm³/mol. The van der Waals surface area contributed by atoms with Gasteiger partial charge in [0.1, 0.15) is 0 Å². The summed E-state index contributed by atoms with van der Waals surface area (Å²) >= 11 is 1.40. The molecule has 0 fully saturated rings. The topological polar surface area (TPSA) is 72.7 Å². The Kier molecular flexibility index (Phi) is 6.14. The summed E-state index contributed by atoms with van der Waals surface area (Å²) in [5, 5.41) is 12.2. The minimum Gasteiger partial charge on any atom is -0.353 e. The maximum atomic E-state index is 12.4. The summed E-state index contributed by atoms with van der Waals surface area (Å²) in [4.78, 5) is 16.5. The molecule has 1 N–H and O–H groups in total. The number of benzene rings is 1. The summed E-state index contributed by atoms with van der Waals surface area (Å²) < 4.78 is 2.01. The predicted octanol–water partition coefficient (Wildman–Crippen LogP) is 3.95. The average molecular weight is 396 g/mol. The van der Waals surface area contributed by atoms with Gasteiger partial charge in [0.25, 0.3) is 0 Å². The molecular weight excluding hydrogens is 370 g/mol. The van der Waals surface area contributed by atoms with Gasteiger partial charge in [-0.1, -0.05) is 17.8 Å². The van der Waals surface area contributed by atoms with Crippen LogP contribution in [0.2, 0.25) is 0 Å². The first-order valence-electron chi connectivity index (χ1n) is 9.27. The number of pyridine rings is 1. The molecule has 146 valence electrons. The minimum absolute atomic E-state index is 0.0138. The van der Waals surface area contributed by atoms with Crippen molar-refractivity contribution in [1.82, 2.24) is 25.1 Å². The Labute approximate surface area is 169 Å². The fraction of sp³-hybridized carbons (Fsp3) is 0.333. The van der Waals surface area contributed by atoms with Crippen LogP contribution in [0.15, 0.2) is 47.9 Å². The molecule has 0 aliphatic heterocycles. The van der Waals surface area contributed by atoms with Crippen LogP contribution < -0.4 is 5.32 Å². The summed E-state index contributed by atoms with van der Waals surface area (Å²) in [7, 11) is 0. The molecule has 0 spiro atoms. The first-order valence-corrected chi connectivity index (χ1v) is 10.1. The highest BCUT2D eigenvalue weighted by atomic mass is 32.2. The third-order valence-corrected chi connectivity index (χ3v) is 5.45. The van der Waals surface area contributed by atoms with E-state index in [1.54, 1.807) is 12.4 Å². The Balaban J connectivity index is 2.04. The number of hydrogen-bond donors (Lipinski definition) is 1. The lowest BCUT2D eigenvalue weighted by Crippen LogP contribution is -2.36. The Morgan fingerprint density at radius 2 is 1.75 bits per heavy atom. The Morgan fingerprint density at radius 1 is 1.04 bits per heavy atom. The molecule has 0 aliphatic carbocycles. The van der Waals surface area contributed by atoms with Gasteiger partial charge in [0, 0.05) is 24.0 Å². The van der Waals surface area contributed by atoms with Gasteiger partial charge in [-0.05, 0) is 70.0 Å². The molecule has 1 atom stereocenters. The SMILES string of the molecule is Cc1ccc(-n2c(S[C@@H](C)C(=O)NC(C)C)nnc2-c2ccncc2)cc1C. The molecule has 0 aliphatic rings. The standard InChI is InChI=1S/C21H25N5OS/c1-13(2)23-20(27)16(5)28-21-25-24-19(17-8-10-22-11-9-17)26(21)18-7-6-14(3)15(4)12-18/h6-13,16H,1-5H3,(H,23,27)/t16-/m0/s1. The number of nitrogens with zero attached hydrogens (tertiary/aromatic N) is 4. The van der Waals surface area contributed by atoms with Gasteiger partial charge in [-0.15, -0.1) is 10.2 Å². The van der Waals surface area contributed by atoms with E-state index in [-0.39, 0.29) is 17.2 Å². The van der Waals surface area contributed by atoms with Crippen LogP contribution in [0.3, 0.4) is 0 Å². The van der Waals surface area contributed by atoms with Crippen LogP contribution >= 0.6 is 11.8 Å². The summed E-state index contributed by atoms with van der Waals surface area (Å²) in [6, 6.07) is 10.2. The van der Waals surface area contributed by atoms with Crippen LogP contribution in [-0.2, 0) is 4.79 Å². The van der Waals surface area contributed by atoms with Crippen molar-refractivity contribution in [2.75, 3.05) is 0 Å². The zero-order valence-corrected chi connectivity index (χ0v) is 17.6.